The Morgan fingerprint density at radius 2 is 2.00 bits per heavy atom. The number of rotatable bonds is 6. The summed E-state index contributed by atoms with van der Waals surface area (Å²) in [5.41, 5.74) is 0.866. The van der Waals surface area contributed by atoms with E-state index in [0.29, 0.717) is 23.6 Å². The zero-order valence-corrected chi connectivity index (χ0v) is 14.2. The first-order valence-electron chi connectivity index (χ1n) is 7.70. The van der Waals surface area contributed by atoms with E-state index < -0.39 is 0 Å². The number of hydrogen-bond donors (Lipinski definition) is 2. The molecular formula is C18H19FN2O2S. The first-order valence-corrected chi connectivity index (χ1v) is 8.10. The maximum absolute atomic E-state index is 13.2. The number of halogens is 1. The lowest BCUT2D eigenvalue weighted by molar-refractivity contribution is 0.0973. The normalized spacial score (nSPS) is 10.1. The Hall–Kier alpha value is -2.47. The van der Waals surface area contributed by atoms with Gasteiger partial charge in [-0.2, -0.15) is 0 Å². The van der Waals surface area contributed by atoms with Crippen molar-refractivity contribution in [1.82, 2.24) is 5.32 Å². The molecule has 2 N–H and O–H groups in total. The molecule has 0 atom stereocenters. The number of unbranched alkanes of at least 4 members (excludes halogenated alkanes) is 1. The zero-order valence-electron chi connectivity index (χ0n) is 13.3. The van der Waals surface area contributed by atoms with Crippen LogP contribution >= 0.6 is 12.2 Å². The lowest BCUT2D eigenvalue weighted by atomic mass is 10.2. The van der Waals surface area contributed by atoms with Crippen molar-refractivity contribution in [2.45, 2.75) is 19.8 Å². The van der Waals surface area contributed by atoms with Crippen LogP contribution in [0.25, 0.3) is 0 Å². The Bertz CT molecular complexity index is 722. The molecule has 0 aliphatic rings. The largest absolute Gasteiger partial charge is 0.493 e. The smallest absolute Gasteiger partial charge is 0.261 e. The van der Waals surface area contributed by atoms with Crippen molar-refractivity contribution in [3.63, 3.8) is 0 Å². The quantitative estimate of drug-likeness (QED) is 0.610. The van der Waals surface area contributed by atoms with E-state index in [1.165, 1.54) is 12.1 Å². The number of nitrogens with one attached hydrogen (secondary N) is 2. The van der Waals surface area contributed by atoms with Crippen LogP contribution in [0.2, 0.25) is 0 Å². The van der Waals surface area contributed by atoms with E-state index in [9.17, 15) is 9.18 Å². The first kappa shape index (κ1) is 17.9. The van der Waals surface area contributed by atoms with Crippen molar-refractivity contribution < 1.29 is 13.9 Å². The summed E-state index contributed by atoms with van der Waals surface area (Å²) in [6, 6.07) is 12.8. The van der Waals surface area contributed by atoms with E-state index in [1.54, 1.807) is 36.4 Å². The molecule has 126 valence electrons. The molecule has 1 amide bonds. The van der Waals surface area contributed by atoms with Gasteiger partial charge in [0.25, 0.3) is 5.91 Å². The number of benzene rings is 2. The fraction of sp³-hybridized carbons (Fsp3) is 0.222. The fourth-order valence-corrected chi connectivity index (χ4v) is 2.22. The molecular weight excluding hydrogens is 327 g/mol. The van der Waals surface area contributed by atoms with E-state index >= 15 is 0 Å². The van der Waals surface area contributed by atoms with Gasteiger partial charge in [-0.1, -0.05) is 31.5 Å². The first-order chi connectivity index (χ1) is 11.6. The van der Waals surface area contributed by atoms with Gasteiger partial charge in [-0.15, -0.1) is 0 Å². The van der Waals surface area contributed by atoms with E-state index in [1.807, 2.05) is 0 Å². The highest BCUT2D eigenvalue weighted by Crippen LogP contribution is 2.18. The molecule has 0 spiro atoms. The van der Waals surface area contributed by atoms with Gasteiger partial charge < -0.3 is 10.1 Å². The topological polar surface area (TPSA) is 50.4 Å². The van der Waals surface area contributed by atoms with Gasteiger partial charge in [0.2, 0.25) is 0 Å². The van der Waals surface area contributed by atoms with Crippen LogP contribution in [-0.2, 0) is 0 Å². The van der Waals surface area contributed by atoms with Crippen LogP contribution < -0.4 is 15.4 Å². The molecule has 2 aromatic carbocycles. The Balaban J connectivity index is 2.00. The Morgan fingerprint density at radius 1 is 1.21 bits per heavy atom. The number of amides is 1. The summed E-state index contributed by atoms with van der Waals surface area (Å²) in [5.74, 6) is -0.253. The molecule has 0 saturated heterocycles. The van der Waals surface area contributed by atoms with Crippen molar-refractivity contribution in [3.05, 3.63) is 59.9 Å². The van der Waals surface area contributed by atoms with Gasteiger partial charge in [0.15, 0.2) is 5.11 Å². The minimum atomic E-state index is -0.385. The van der Waals surface area contributed by atoms with E-state index in [4.69, 9.17) is 17.0 Å². The highest BCUT2D eigenvalue weighted by molar-refractivity contribution is 7.80. The summed E-state index contributed by atoms with van der Waals surface area (Å²) in [6.07, 6.45) is 1.92. The minimum absolute atomic E-state index is 0.0916. The van der Waals surface area contributed by atoms with E-state index in [2.05, 4.69) is 17.6 Å². The molecule has 0 aliphatic heterocycles. The average molecular weight is 346 g/mol. The lowest BCUT2D eigenvalue weighted by Gasteiger charge is -2.13. The molecule has 0 unspecified atom stereocenters. The number of ether oxygens (including phenoxy) is 1. The molecule has 2 rings (SSSR count). The summed E-state index contributed by atoms with van der Waals surface area (Å²) in [6.45, 7) is 2.62. The van der Waals surface area contributed by atoms with Crippen molar-refractivity contribution in [3.8, 4) is 5.75 Å². The molecule has 0 bridgehead atoms. The molecule has 6 heteroatoms. The number of anilines is 1. The lowest BCUT2D eigenvalue weighted by Crippen LogP contribution is -2.34. The standard InChI is InChI=1S/C18H19FN2O2S/c1-2-3-11-23-16-10-5-4-9-15(16)17(22)21-18(24)20-14-8-6-7-13(19)12-14/h4-10,12H,2-3,11H2,1H3,(H2,20,21,22,24). The summed E-state index contributed by atoms with van der Waals surface area (Å²) in [7, 11) is 0. The second-order valence-corrected chi connectivity index (χ2v) is 5.53. The van der Waals surface area contributed by atoms with Gasteiger partial charge in [-0.05, 0) is 49.0 Å². The maximum Gasteiger partial charge on any atom is 0.261 e. The van der Waals surface area contributed by atoms with Crippen LogP contribution in [0.4, 0.5) is 10.1 Å². The Labute approximate surface area is 146 Å². The van der Waals surface area contributed by atoms with Crippen LogP contribution in [0, 0.1) is 5.82 Å². The van der Waals surface area contributed by atoms with Crippen molar-refractivity contribution in [2.75, 3.05) is 11.9 Å². The number of carbonyl (C=O) groups is 1. The van der Waals surface area contributed by atoms with Crippen molar-refractivity contribution in [1.29, 1.82) is 0 Å². The number of para-hydroxylation sites is 1. The van der Waals surface area contributed by atoms with Crippen molar-refractivity contribution in [2.24, 2.45) is 0 Å². The number of carbonyl (C=O) groups excluding carboxylic acids is 1. The third kappa shape index (κ3) is 5.31. The van der Waals surface area contributed by atoms with Gasteiger partial charge >= 0.3 is 0 Å². The van der Waals surface area contributed by atoms with Crippen LogP contribution in [0.3, 0.4) is 0 Å². The second-order valence-electron chi connectivity index (χ2n) is 5.12. The third-order valence-corrected chi connectivity index (χ3v) is 3.40. The molecule has 0 aromatic heterocycles. The summed E-state index contributed by atoms with van der Waals surface area (Å²) >= 11 is 5.10. The van der Waals surface area contributed by atoms with E-state index in [-0.39, 0.29) is 16.8 Å². The van der Waals surface area contributed by atoms with Gasteiger partial charge in [0.1, 0.15) is 11.6 Å². The molecule has 0 radical (unpaired) electrons. The highest BCUT2D eigenvalue weighted by atomic mass is 32.1. The van der Waals surface area contributed by atoms with Crippen LogP contribution in [0.1, 0.15) is 30.1 Å². The molecule has 0 aliphatic carbocycles. The van der Waals surface area contributed by atoms with E-state index in [0.717, 1.165) is 12.8 Å². The molecule has 0 fully saturated rings. The molecule has 2 aromatic rings. The van der Waals surface area contributed by atoms with Crippen LogP contribution in [-0.4, -0.2) is 17.6 Å². The number of thiocarbonyl (C=S) groups is 1. The minimum Gasteiger partial charge on any atom is -0.493 e. The molecule has 4 nitrogen and oxygen atoms in total. The SMILES string of the molecule is CCCCOc1ccccc1C(=O)NC(=S)Nc1cccc(F)c1. The second kappa shape index (κ2) is 8.98. The Morgan fingerprint density at radius 3 is 2.75 bits per heavy atom. The van der Waals surface area contributed by atoms with Gasteiger partial charge in [0.05, 0.1) is 12.2 Å². The van der Waals surface area contributed by atoms with Crippen LogP contribution in [0.5, 0.6) is 5.75 Å². The number of hydrogen-bond acceptors (Lipinski definition) is 3. The molecule has 0 heterocycles. The predicted molar refractivity (Wildman–Crippen MR) is 96.9 cm³/mol. The Kier molecular flexibility index (Phi) is 6.69. The summed E-state index contributed by atoms with van der Waals surface area (Å²) in [5, 5.41) is 5.44. The molecule has 24 heavy (non-hydrogen) atoms. The zero-order chi connectivity index (χ0) is 17.4. The predicted octanol–water partition coefficient (Wildman–Crippen LogP) is 4.13. The van der Waals surface area contributed by atoms with Gasteiger partial charge in [-0.3, -0.25) is 10.1 Å². The third-order valence-electron chi connectivity index (χ3n) is 3.20. The summed E-state index contributed by atoms with van der Waals surface area (Å²) < 4.78 is 18.8. The average Bonchev–Trinajstić information content (AvgIpc) is 2.55. The van der Waals surface area contributed by atoms with Gasteiger partial charge in [0, 0.05) is 5.69 Å². The fourth-order valence-electron chi connectivity index (χ4n) is 2.01. The monoisotopic (exact) mass is 346 g/mol. The van der Waals surface area contributed by atoms with Crippen LogP contribution in [0.15, 0.2) is 48.5 Å². The molecule has 0 saturated carbocycles. The maximum atomic E-state index is 13.2. The highest BCUT2D eigenvalue weighted by Gasteiger charge is 2.13. The van der Waals surface area contributed by atoms with Crippen molar-refractivity contribution >= 4 is 28.9 Å². The van der Waals surface area contributed by atoms with Gasteiger partial charge in [-0.25, -0.2) is 4.39 Å². The summed E-state index contributed by atoms with van der Waals surface area (Å²) in [4.78, 5) is 12.4.